The molecule has 1 aromatic carbocycles. The van der Waals surface area contributed by atoms with E-state index in [1.54, 1.807) is 0 Å². The molecule has 0 amide bonds. The smallest absolute Gasteiger partial charge is 0.0488 e. The fraction of sp³-hybridized carbons (Fsp3) is 0.667. The van der Waals surface area contributed by atoms with Gasteiger partial charge in [-0.3, -0.25) is 11.3 Å². The minimum absolute atomic E-state index is 0.331. The van der Waals surface area contributed by atoms with Gasteiger partial charge in [-0.25, -0.2) is 0 Å². The second-order valence-corrected chi connectivity index (χ2v) is 6.96. The summed E-state index contributed by atoms with van der Waals surface area (Å²) in [4.78, 5) is 0. The molecular weight excluding hydrogens is 244 g/mol. The summed E-state index contributed by atoms with van der Waals surface area (Å²) < 4.78 is 0. The summed E-state index contributed by atoms with van der Waals surface area (Å²) in [6, 6.07) is 9.59. The summed E-state index contributed by atoms with van der Waals surface area (Å²) in [7, 11) is 0. The number of benzene rings is 1. The van der Waals surface area contributed by atoms with Gasteiger partial charge in [0, 0.05) is 6.04 Å². The van der Waals surface area contributed by atoms with Gasteiger partial charge in [-0.1, -0.05) is 50.5 Å². The van der Waals surface area contributed by atoms with Gasteiger partial charge in [0.1, 0.15) is 0 Å². The Morgan fingerprint density at radius 3 is 2.15 bits per heavy atom. The summed E-state index contributed by atoms with van der Waals surface area (Å²) in [5, 5.41) is 0. The van der Waals surface area contributed by atoms with Crippen molar-refractivity contribution in [1.82, 2.24) is 5.43 Å². The van der Waals surface area contributed by atoms with Crippen LogP contribution in [0.4, 0.5) is 0 Å². The SMILES string of the molecule is CC1CCC(C(NN)c2ccc(C3CCC3)cc2)CC1. The molecule has 1 atom stereocenters. The van der Waals surface area contributed by atoms with Crippen molar-refractivity contribution in [3.63, 3.8) is 0 Å². The van der Waals surface area contributed by atoms with Crippen LogP contribution < -0.4 is 11.3 Å². The summed E-state index contributed by atoms with van der Waals surface area (Å²) in [5.74, 6) is 8.27. The first-order valence-electron chi connectivity index (χ1n) is 8.34. The molecule has 2 fully saturated rings. The summed E-state index contributed by atoms with van der Waals surface area (Å²) in [5.41, 5.74) is 5.97. The van der Waals surface area contributed by atoms with Crippen molar-refractivity contribution in [3.8, 4) is 0 Å². The van der Waals surface area contributed by atoms with E-state index in [4.69, 9.17) is 5.84 Å². The molecule has 20 heavy (non-hydrogen) atoms. The van der Waals surface area contributed by atoms with Crippen LogP contribution >= 0.6 is 0 Å². The molecule has 110 valence electrons. The minimum Gasteiger partial charge on any atom is -0.271 e. The van der Waals surface area contributed by atoms with Gasteiger partial charge in [-0.2, -0.15) is 0 Å². The van der Waals surface area contributed by atoms with Gasteiger partial charge in [-0.05, 0) is 54.6 Å². The molecule has 2 nitrogen and oxygen atoms in total. The quantitative estimate of drug-likeness (QED) is 0.634. The molecule has 2 saturated carbocycles. The van der Waals surface area contributed by atoms with Gasteiger partial charge in [0.25, 0.3) is 0 Å². The third-order valence-electron chi connectivity index (χ3n) is 5.58. The highest BCUT2D eigenvalue weighted by Crippen LogP contribution is 2.39. The average molecular weight is 272 g/mol. The lowest BCUT2D eigenvalue weighted by Gasteiger charge is -2.33. The summed E-state index contributed by atoms with van der Waals surface area (Å²) >= 11 is 0. The van der Waals surface area contributed by atoms with Crippen molar-refractivity contribution in [2.75, 3.05) is 0 Å². The van der Waals surface area contributed by atoms with Crippen LogP contribution in [0, 0.1) is 11.8 Å². The number of hydrazine groups is 1. The van der Waals surface area contributed by atoms with Crippen LogP contribution in [0.3, 0.4) is 0 Å². The van der Waals surface area contributed by atoms with E-state index in [1.807, 2.05) is 0 Å². The normalized spacial score (nSPS) is 28.9. The first-order chi connectivity index (χ1) is 9.78. The largest absolute Gasteiger partial charge is 0.271 e. The average Bonchev–Trinajstić information content (AvgIpc) is 2.42. The maximum absolute atomic E-state index is 5.86. The molecule has 0 bridgehead atoms. The minimum atomic E-state index is 0.331. The van der Waals surface area contributed by atoms with E-state index >= 15 is 0 Å². The van der Waals surface area contributed by atoms with Gasteiger partial charge in [0.05, 0.1) is 0 Å². The Labute approximate surface area is 123 Å². The predicted octanol–water partition coefficient (Wildman–Crippen LogP) is 4.28. The van der Waals surface area contributed by atoms with E-state index in [1.165, 1.54) is 56.1 Å². The molecule has 0 radical (unpaired) electrons. The first kappa shape index (κ1) is 14.1. The Bertz CT molecular complexity index is 414. The molecule has 0 heterocycles. The van der Waals surface area contributed by atoms with Crippen LogP contribution in [-0.2, 0) is 0 Å². The topological polar surface area (TPSA) is 38.0 Å². The molecule has 3 rings (SSSR count). The highest BCUT2D eigenvalue weighted by atomic mass is 15.2. The molecule has 2 heteroatoms. The fourth-order valence-corrected chi connectivity index (χ4v) is 3.84. The Hall–Kier alpha value is -0.860. The fourth-order valence-electron chi connectivity index (χ4n) is 3.84. The highest BCUT2D eigenvalue weighted by molar-refractivity contribution is 5.28. The number of hydrogen-bond donors (Lipinski definition) is 2. The molecule has 2 aliphatic carbocycles. The number of nitrogens with one attached hydrogen (secondary N) is 1. The Balaban J connectivity index is 1.68. The van der Waals surface area contributed by atoms with Crippen molar-refractivity contribution in [2.45, 2.75) is 63.8 Å². The van der Waals surface area contributed by atoms with Crippen LogP contribution in [0.1, 0.15) is 75.0 Å². The van der Waals surface area contributed by atoms with E-state index in [9.17, 15) is 0 Å². The molecule has 0 aliphatic heterocycles. The van der Waals surface area contributed by atoms with Gasteiger partial charge in [-0.15, -0.1) is 0 Å². The molecule has 2 aliphatic rings. The zero-order valence-electron chi connectivity index (χ0n) is 12.6. The predicted molar refractivity (Wildman–Crippen MR) is 84.2 cm³/mol. The lowest BCUT2D eigenvalue weighted by Crippen LogP contribution is -2.35. The van der Waals surface area contributed by atoms with Crippen LogP contribution in [0.25, 0.3) is 0 Å². The van der Waals surface area contributed by atoms with E-state index in [-0.39, 0.29) is 0 Å². The number of nitrogens with two attached hydrogens (primary N) is 1. The Morgan fingerprint density at radius 1 is 1.00 bits per heavy atom. The lowest BCUT2D eigenvalue weighted by molar-refractivity contribution is 0.232. The Kier molecular flexibility index (Phi) is 4.42. The van der Waals surface area contributed by atoms with E-state index in [2.05, 4.69) is 36.6 Å². The molecule has 0 spiro atoms. The molecule has 0 aromatic heterocycles. The van der Waals surface area contributed by atoms with Gasteiger partial charge in [0.15, 0.2) is 0 Å². The third-order valence-corrected chi connectivity index (χ3v) is 5.58. The van der Waals surface area contributed by atoms with Crippen LogP contribution in [0.2, 0.25) is 0 Å². The molecule has 0 saturated heterocycles. The number of hydrogen-bond acceptors (Lipinski definition) is 2. The standard InChI is InChI=1S/C18H28N2/c1-13-5-7-16(8-6-13)18(20-19)17-11-9-15(10-12-17)14-3-2-4-14/h9-14,16,18,20H,2-8,19H2,1H3. The number of rotatable bonds is 4. The second-order valence-electron chi connectivity index (χ2n) is 6.96. The lowest BCUT2D eigenvalue weighted by atomic mass is 9.76. The van der Waals surface area contributed by atoms with Crippen molar-refractivity contribution >= 4 is 0 Å². The van der Waals surface area contributed by atoms with Crippen molar-refractivity contribution in [3.05, 3.63) is 35.4 Å². The zero-order chi connectivity index (χ0) is 13.9. The van der Waals surface area contributed by atoms with Crippen LogP contribution in [-0.4, -0.2) is 0 Å². The maximum atomic E-state index is 5.86. The van der Waals surface area contributed by atoms with Gasteiger partial charge in [0.2, 0.25) is 0 Å². The Morgan fingerprint density at radius 2 is 1.65 bits per heavy atom. The van der Waals surface area contributed by atoms with E-state index in [0.717, 1.165) is 11.8 Å². The third kappa shape index (κ3) is 2.91. The van der Waals surface area contributed by atoms with Crippen LogP contribution in [0.5, 0.6) is 0 Å². The van der Waals surface area contributed by atoms with E-state index < -0.39 is 0 Å². The summed E-state index contributed by atoms with van der Waals surface area (Å²) in [6.07, 6.45) is 9.46. The maximum Gasteiger partial charge on any atom is 0.0488 e. The van der Waals surface area contributed by atoms with E-state index in [0.29, 0.717) is 12.0 Å². The highest BCUT2D eigenvalue weighted by Gasteiger charge is 2.27. The van der Waals surface area contributed by atoms with Crippen molar-refractivity contribution in [2.24, 2.45) is 17.7 Å². The second kappa shape index (κ2) is 6.28. The van der Waals surface area contributed by atoms with Crippen molar-refractivity contribution < 1.29 is 0 Å². The van der Waals surface area contributed by atoms with Gasteiger partial charge >= 0.3 is 0 Å². The molecule has 1 aromatic rings. The first-order valence-corrected chi connectivity index (χ1v) is 8.34. The molecule has 1 unspecified atom stereocenters. The van der Waals surface area contributed by atoms with Crippen molar-refractivity contribution in [1.29, 1.82) is 0 Å². The zero-order valence-corrected chi connectivity index (χ0v) is 12.6. The molecular formula is C18H28N2. The summed E-state index contributed by atoms with van der Waals surface area (Å²) in [6.45, 7) is 2.37. The van der Waals surface area contributed by atoms with Gasteiger partial charge < -0.3 is 0 Å². The molecule has 3 N–H and O–H groups in total. The van der Waals surface area contributed by atoms with Crippen LogP contribution in [0.15, 0.2) is 24.3 Å². The monoisotopic (exact) mass is 272 g/mol.